The lowest BCUT2D eigenvalue weighted by Crippen LogP contribution is -2.32. The van der Waals surface area contributed by atoms with Crippen molar-refractivity contribution in [2.24, 2.45) is 5.92 Å². The zero-order valence-electron chi connectivity index (χ0n) is 18.4. The van der Waals surface area contributed by atoms with Gasteiger partial charge >= 0.3 is 0 Å². The Balaban J connectivity index is 1.37. The number of carbonyl (C=O) groups excluding carboxylic acids is 2. The highest BCUT2D eigenvalue weighted by Crippen LogP contribution is 2.25. The van der Waals surface area contributed by atoms with Gasteiger partial charge in [-0.2, -0.15) is 11.8 Å². The average Bonchev–Trinajstić information content (AvgIpc) is 3.14. The molecule has 0 spiro atoms. The first-order chi connectivity index (χ1) is 15.0. The number of nitrogens with zero attached hydrogens (tertiary/aromatic N) is 2. The molecule has 164 valence electrons. The third-order valence-electron chi connectivity index (χ3n) is 6.28. The number of hydrogen-bond acceptors (Lipinski definition) is 4. The van der Waals surface area contributed by atoms with Gasteiger partial charge in [0.05, 0.1) is 5.92 Å². The normalized spacial score (nSPS) is 19.6. The molecule has 1 unspecified atom stereocenters. The molecule has 0 aromatic heterocycles. The Labute approximate surface area is 189 Å². The first-order valence-corrected chi connectivity index (χ1v) is 12.2. The molecule has 4 rings (SSSR count). The van der Waals surface area contributed by atoms with E-state index < -0.39 is 0 Å². The fraction of sp³-hybridized carbons (Fsp3) is 0.440. The summed E-state index contributed by atoms with van der Waals surface area (Å²) in [6.45, 7) is 8.31. The Morgan fingerprint density at radius 1 is 1.06 bits per heavy atom. The molecule has 6 heteroatoms. The number of amides is 2. The van der Waals surface area contributed by atoms with Gasteiger partial charge in [0.25, 0.3) is 0 Å². The van der Waals surface area contributed by atoms with Crippen molar-refractivity contribution < 1.29 is 9.59 Å². The highest BCUT2D eigenvalue weighted by molar-refractivity contribution is 7.99. The Kier molecular flexibility index (Phi) is 6.98. The Morgan fingerprint density at radius 2 is 1.81 bits per heavy atom. The van der Waals surface area contributed by atoms with Gasteiger partial charge in [-0.15, -0.1) is 0 Å². The van der Waals surface area contributed by atoms with Crippen molar-refractivity contribution in [2.75, 3.05) is 36.5 Å². The molecule has 1 atom stereocenters. The second kappa shape index (κ2) is 9.88. The van der Waals surface area contributed by atoms with Gasteiger partial charge in [0, 0.05) is 56.3 Å². The quantitative estimate of drug-likeness (QED) is 0.746. The first kappa shape index (κ1) is 21.9. The van der Waals surface area contributed by atoms with Crippen molar-refractivity contribution >= 4 is 29.3 Å². The minimum atomic E-state index is -0.305. The number of thioether (sulfide) groups is 1. The lowest BCUT2D eigenvalue weighted by molar-refractivity contribution is -0.128. The van der Waals surface area contributed by atoms with E-state index in [1.165, 1.54) is 22.6 Å². The van der Waals surface area contributed by atoms with Crippen LogP contribution in [0.2, 0.25) is 0 Å². The minimum absolute atomic E-state index is 0.0502. The number of rotatable bonds is 6. The lowest BCUT2D eigenvalue weighted by Gasteiger charge is -2.27. The van der Waals surface area contributed by atoms with Crippen LogP contribution in [0.25, 0.3) is 0 Å². The smallest absolute Gasteiger partial charge is 0.229 e. The third-order valence-corrected chi connectivity index (χ3v) is 7.22. The molecular formula is C25H31N3O2S. The van der Waals surface area contributed by atoms with Gasteiger partial charge in [-0.05, 0) is 36.6 Å². The Bertz CT molecular complexity index is 938. The SMILES string of the molecule is Cc1ccc(CN2CC(C(=O)Nc3cccc(CN4CCSCC4)c3C)CC2=O)cc1. The summed E-state index contributed by atoms with van der Waals surface area (Å²) in [5, 5.41) is 3.10. The van der Waals surface area contributed by atoms with Crippen LogP contribution in [0.3, 0.4) is 0 Å². The van der Waals surface area contributed by atoms with Crippen molar-refractivity contribution in [2.45, 2.75) is 33.4 Å². The van der Waals surface area contributed by atoms with Gasteiger partial charge in [0.1, 0.15) is 0 Å². The van der Waals surface area contributed by atoms with Crippen LogP contribution >= 0.6 is 11.8 Å². The number of carbonyl (C=O) groups is 2. The summed E-state index contributed by atoms with van der Waals surface area (Å²) < 4.78 is 0. The number of aryl methyl sites for hydroxylation is 1. The van der Waals surface area contributed by atoms with Gasteiger partial charge < -0.3 is 10.2 Å². The fourth-order valence-electron chi connectivity index (χ4n) is 4.24. The molecule has 1 N–H and O–H groups in total. The van der Waals surface area contributed by atoms with Crippen LogP contribution in [0.5, 0.6) is 0 Å². The predicted octanol–water partition coefficient (Wildman–Crippen LogP) is 3.84. The molecule has 0 aliphatic carbocycles. The maximum Gasteiger partial charge on any atom is 0.229 e. The number of anilines is 1. The van der Waals surface area contributed by atoms with E-state index in [1.54, 1.807) is 4.90 Å². The molecule has 2 aromatic carbocycles. The number of hydrogen-bond donors (Lipinski definition) is 1. The van der Waals surface area contributed by atoms with Crippen molar-refractivity contribution in [1.82, 2.24) is 9.80 Å². The van der Waals surface area contributed by atoms with Crippen molar-refractivity contribution in [3.63, 3.8) is 0 Å². The van der Waals surface area contributed by atoms with E-state index in [0.717, 1.165) is 36.4 Å². The summed E-state index contributed by atoms with van der Waals surface area (Å²) in [6.07, 6.45) is 0.280. The molecule has 2 saturated heterocycles. The summed E-state index contributed by atoms with van der Waals surface area (Å²) in [5.74, 6) is 2.05. The Morgan fingerprint density at radius 3 is 2.55 bits per heavy atom. The van der Waals surface area contributed by atoms with E-state index in [4.69, 9.17) is 0 Å². The largest absolute Gasteiger partial charge is 0.338 e. The molecule has 2 fully saturated rings. The molecule has 2 heterocycles. The van der Waals surface area contributed by atoms with Gasteiger partial charge in [-0.3, -0.25) is 14.5 Å². The van der Waals surface area contributed by atoms with Crippen molar-refractivity contribution in [3.05, 3.63) is 64.7 Å². The number of likely N-dealkylation sites (tertiary alicyclic amines) is 1. The molecular weight excluding hydrogens is 406 g/mol. The molecule has 2 aliphatic heterocycles. The second-order valence-electron chi connectivity index (χ2n) is 8.63. The second-order valence-corrected chi connectivity index (χ2v) is 9.85. The van der Waals surface area contributed by atoms with Crippen LogP contribution in [-0.4, -0.2) is 52.8 Å². The maximum absolute atomic E-state index is 13.0. The monoisotopic (exact) mass is 437 g/mol. The third kappa shape index (κ3) is 5.49. The van der Waals surface area contributed by atoms with E-state index in [0.29, 0.717) is 13.1 Å². The molecule has 0 bridgehead atoms. The van der Waals surface area contributed by atoms with Crippen LogP contribution < -0.4 is 5.32 Å². The van der Waals surface area contributed by atoms with Crippen LogP contribution in [0.15, 0.2) is 42.5 Å². The fourth-order valence-corrected chi connectivity index (χ4v) is 5.22. The first-order valence-electron chi connectivity index (χ1n) is 11.0. The molecule has 2 aliphatic rings. The summed E-state index contributed by atoms with van der Waals surface area (Å²) in [6, 6.07) is 14.3. The van der Waals surface area contributed by atoms with Gasteiger partial charge in [-0.1, -0.05) is 42.0 Å². The average molecular weight is 438 g/mol. The van der Waals surface area contributed by atoms with Gasteiger partial charge in [-0.25, -0.2) is 0 Å². The summed E-state index contributed by atoms with van der Waals surface area (Å²) in [5.41, 5.74) is 5.53. The topological polar surface area (TPSA) is 52.7 Å². The van der Waals surface area contributed by atoms with Crippen LogP contribution in [0.4, 0.5) is 5.69 Å². The van der Waals surface area contributed by atoms with Crippen molar-refractivity contribution in [1.29, 1.82) is 0 Å². The van der Waals surface area contributed by atoms with E-state index in [2.05, 4.69) is 35.3 Å². The zero-order valence-corrected chi connectivity index (χ0v) is 19.2. The molecule has 31 heavy (non-hydrogen) atoms. The molecule has 2 aromatic rings. The van der Waals surface area contributed by atoms with Crippen molar-refractivity contribution in [3.8, 4) is 0 Å². The van der Waals surface area contributed by atoms with Crippen LogP contribution in [-0.2, 0) is 22.7 Å². The standard InChI is InChI=1S/C25H31N3O2S/c1-18-6-8-20(9-7-18)15-28-17-22(14-24(28)29)25(30)26-23-5-3-4-21(19(23)2)16-27-10-12-31-13-11-27/h3-9,22H,10-17H2,1-2H3,(H,26,30). The van der Waals surface area contributed by atoms with E-state index in [-0.39, 0.29) is 24.2 Å². The summed E-state index contributed by atoms with van der Waals surface area (Å²) in [4.78, 5) is 29.7. The lowest BCUT2D eigenvalue weighted by atomic mass is 10.0. The highest BCUT2D eigenvalue weighted by atomic mass is 32.2. The highest BCUT2D eigenvalue weighted by Gasteiger charge is 2.34. The molecule has 0 saturated carbocycles. The zero-order chi connectivity index (χ0) is 21.8. The molecule has 0 radical (unpaired) electrons. The van der Waals surface area contributed by atoms with E-state index >= 15 is 0 Å². The van der Waals surface area contributed by atoms with Gasteiger partial charge in [0.2, 0.25) is 11.8 Å². The number of benzene rings is 2. The molecule has 2 amide bonds. The predicted molar refractivity (Wildman–Crippen MR) is 127 cm³/mol. The Hall–Kier alpha value is -2.31. The number of nitrogens with one attached hydrogen (secondary N) is 1. The van der Waals surface area contributed by atoms with E-state index in [1.807, 2.05) is 43.0 Å². The maximum atomic E-state index is 13.0. The summed E-state index contributed by atoms with van der Waals surface area (Å²) >= 11 is 2.01. The van der Waals surface area contributed by atoms with E-state index in [9.17, 15) is 9.59 Å². The summed E-state index contributed by atoms with van der Waals surface area (Å²) in [7, 11) is 0. The minimum Gasteiger partial charge on any atom is -0.338 e. The van der Waals surface area contributed by atoms with Crippen LogP contribution in [0.1, 0.15) is 28.7 Å². The van der Waals surface area contributed by atoms with Gasteiger partial charge in [0.15, 0.2) is 0 Å². The van der Waals surface area contributed by atoms with Crippen LogP contribution in [0, 0.1) is 19.8 Å². The molecule has 5 nitrogen and oxygen atoms in total.